The van der Waals surface area contributed by atoms with Crippen LogP contribution in [-0.2, 0) is 4.74 Å². The van der Waals surface area contributed by atoms with Crippen molar-refractivity contribution in [2.24, 2.45) is 0 Å². The molecule has 6 heteroatoms. The van der Waals surface area contributed by atoms with Gasteiger partial charge in [0.25, 0.3) is 5.91 Å². The lowest BCUT2D eigenvalue weighted by Crippen LogP contribution is -2.46. The Morgan fingerprint density at radius 2 is 1.59 bits per heavy atom. The number of esters is 1. The zero-order valence-corrected chi connectivity index (χ0v) is 18.6. The van der Waals surface area contributed by atoms with Gasteiger partial charge in [0.2, 0.25) is 0 Å². The second-order valence-corrected chi connectivity index (χ2v) is 7.89. The van der Waals surface area contributed by atoms with Crippen LogP contribution in [0.3, 0.4) is 0 Å². The van der Waals surface area contributed by atoms with Crippen LogP contribution in [0.15, 0.2) is 60.7 Å². The van der Waals surface area contributed by atoms with Crippen LogP contribution in [0.25, 0.3) is 10.8 Å². The lowest BCUT2D eigenvalue weighted by molar-refractivity contribution is 0.0526. The number of benzene rings is 3. The Bertz CT molecular complexity index is 1120. The van der Waals surface area contributed by atoms with Gasteiger partial charge in [-0.25, -0.2) is 4.79 Å². The summed E-state index contributed by atoms with van der Waals surface area (Å²) in [6, 6.07) is 19.0. The standard InChI is InChI=1S/C26H29N3O3/c1-3-28-13-15-29(16-14-28)24-12-11-22(26(31)32-4-2)18-23(24)27-25(30)21-10-9-19-7-5-6-8-20(19)17-21/h5-12,17-18H,3-4,13-16H2,1-2H3,(H,27,30). The maximum absolute atomic E-state index is 13.1. The summed E-state index contributed by atoms with van der Waals surface area (Å²) >= 11 is 0. The fraction of sp³-hybridized carbons (Fsp3) is 0.308. The first-order valence-corrected chi connectivity index (χ1v) is 11.2. The van der Waals surface area contributed by atoms with Gasteiger partial charge in [0.05, 0.1) is 23.5 Å². The normalized spacial score (nSPS) is 14.4. The molecular weight excluding hydrogens is 402 g/mol. The third kappa shape index (κ3) is 4.75. The molecule has 1 saturated heterocycles. The molecule has 0 spiro atoms. The molecule has 1 N–H and O–H groups in total. The first kappa shape index (κ1) is 21.8. The maximum atomic E-state index is 13.1. The summed E-state index contributed by atoms with van der Waals surface area (Å²) in [4.78, 5) is 30.1. The maximum Gasteiger partial charge on any atom is 0.338 e. The molecule has 3 aromatic carbocycles. The zero-order chi connectivity index (χ0) is 22.5. The van der Waals surface area contributed by atoms with E-state index in [2.05, 4.69) is 22.0 Å². The van der Waals surface area contributed by atoms with Gasteiger partial charge in [0.1, 0.15) is 0 Å². The van der Waals surface area contributed by atoms with Crippen LogP contribution in [-0.4, -0.2) is 56.1 Å². The van der Waals surface area contributed by atoms with Crippen molar-refractivity contribution in [3.05, 3.63) is 71.8 Å². The predicted octanol–water partition coefficient (Wildman–Crippen LogP) is 4.41. The Balaban J connectivity index is 1.63. The molecule has 1 aliphatic heterocycles. The van der Waals surface area contributed by atoms with Gasteiger partial charge in [-0.3, -0.25) is 4.79 Å². The van der Waals surface area contributed by atoms with Crippen molar-refractivity contribution >= 4 is 34.0 Å². The van der Waals surface area contributed by atoms with E-state index in [0.29, 0.717) is 23.4 Å². The molecule has 166 valence electrons. The van der Waals surface area contributed by atoms with E-state index >= 15 is 0 Å². The van der Waals surface area contributed by atoms with Crippen LogP contribution in [0, 0.1) is 0 Å². The van der Waals surface area contributed by atoms with Crippen LogP contribution in [0.1, 0.15) is 34.6 Å². The van der Waals surface area contributed by atoms with Crippen molar-refractivity contribution in [2.75, 3.05) is 49.5 Å². The number of ether oxygens (including phenoxy) is 1. The van der Waals surface area contributed by atoms with E-state index in [1.807, 2.05) is 48.5 Å². The summed E-state index contributed by atoms with van der Waals surface area (Å²) in [5.74, 6) is -0.596. The van der Waals surface area contributed by atoms with E-state index in [-0.39, 0.29) is 5.91 Å². The predicted molar refractivity (Wildman–Crippen MR) is 129 cm³/mol. The number of carbonyl (C=O) groups excluding carboxylic acids is 2. The summed E-state index contributed by atoms with van der Waals surface area (Å²) < 4.78 is 5.16. The van der Waals surface area contributed by atoms with Gasteiger partial charge in [-0.15, -0.1) is 0 Å². The van der Waals surface area contributed by atoms with E-state index in [4.69, 9.17) is 4.74 Å². The number of nitrogens with zero attached hydrogens (tertiary/aromatic N) is 2. The molecule has 4 rings (SSSR count). The topological polar surface area (TPSA) is 61.9 Å². The number of carbonyl (C=O) groups is 2. The third-order valence-electron chi connectivity index (χ3n) is 5.93. The fourth-order valence-electron chi connectivity index (χ4n) is 4.08. The molecule has 0 unspecified atom stereocenters. The van der Waals surface area contributed by atoms with Gasteiger partial charge in [-0.1, -0.05) is 37.3 Å². The van der Waals surface area contributed by atoms with E-state index in [9.17, 15) is 9.59 Å². The number of rotatable bonds is 6. The summed E-state index contributed by atoms with van der Waals surface area (Å²) in [6.07, 6.45) is 0. The smallest absolute Gasteiger partial charge is 0.338 e. The number of anilines is 2. The minimum atomic E-state index is -0.393. The third-order valence-corrected chi connectivity index (χ3v) is 5.93. The van der Waals surface area contributed by atoms with Gasteiger partial charge in [-0.2, -0.15) is 0 Å². The molecule has 6 nitrogen and oxygen atoms in total. The second kappa shape index (κ2) is 9.83. The van der Waals surface area contributed by atoms with Crippen molar-refractivity contribution in [3.63, 3.8) is 0 Å². The SMILES string of the molecule is CCOC(=O)c1ccc(N2CCN(CC)CC2)c(NC(=O)c2ccc3ccccc3c2)c1. The number of piperazine rings is 1. The molecule has 0 aromatic heterocycles. The van der Waals surface area contributed by atoms with Crippen LogP contribution >= 0.6 is 0 Å². The first-order chi connectivity index (χ1) is 15.6. The lowest BCUT2D eigenvalue weighted by Gasteiger charge is -2.36. The van der Waals surface area contributed by atoms with Gasteiger partial charge < -0.3 is 19.9 Å². The monoisotopic (exact) mass is 431 g/mol. The number of hydrogen-bond acceptors (Lipinski definition) is 5. The van der Waals surface area contributed by atoms with Gasteiger partial charge in [-0.05, 0) is 54.6 Å². The summed E-state index contributed by atoms with van der Waals surface area (Å²) in [5.41, 5.74) is 2.55. The zero-order valence-electron chi connectivity index (χ0n) is 18.6. The number of likely N-dealkylation sites (N-methyl/N-ethyl adjacent to an activating group) is 1. The van der Waals surface area contributed by atoms with Gasteiger partial charge in [0.15, 0.2) is 0 Å². The van der Waals surface area contributed by atoms with Crippen molar-refractivity contribution in [3.8, 4) is 0 Å². The van der Waals surface area contributed by atoms with Crippen LogP contribution in [0.2, 0.25) is 0 Å². The minimum Gasteiger partial charge on any atom is -0.462 e. The van der Waals surface area contributed by atoms with Crippen molar-refractivity contribution < 1.29 is 14.3 Å². The number of hydrogen-bond donors (Lipinski definition) is 1. The number of fused-ring (bicyclic) bond motifs is 1. The molecule has 0 radical (unpaired) electrons. The summed E-state index contributed by atoms with van der Waals surface area (Å²) in [6.45, 7) is 8.94. The molecule has 1 aliphatic rings. The Kier molecular flexibility index (Phi) is 6.71. The summed E-state index contributed by atoms with van der Waals surface area (Å²) in [5, 5.41) is 5.15. The van der Waals surface area contributed by atoms with Gasteiger partial charge in [0, 0.05) is 31.7 Å². The quantitative estimate of drug-likeness (QED) is 0.586. The van der Waals surface area contributed by atoms with Crippen LogP contribution < -0.4 is 10.2 Å². The second-order valence-electron chi connectivity index (χ2n) is 7.89. The van der Waals surface area contributed by atoms with Crippen molar-refractivity contribution in [1.29, 1.82) is 0 Å². The number of amides is 1. The molecule has 0 saturated carbocycles. The molecule has 1 amide bonds. The molecule has 1 heterocycles. The average molecular weight is 432 g/mol. The Morgan fingerprint density at radius 1 is 0.875 bits per heavy atom. The molecule has 0 atom stereocenters. The largest absolute Gasteiger partial charge is 0.462 e. The lowest BCUT2D eigenvalue weighted by atomic mass is 10.1. The molecule has 1 fully saturated rings. The molecule has 3 aromatic rings. The average Bonchev–Trinajstić information content (AvgIpc) is 2.84. The molecular formula is C26H29N3O3. The van der Waals surface area contributed by atoms with Crippen LogP contribution in [0.4, 0.5) is 11.4 Å². The Morgan fingerprint density at radius 3 is 2.31 bits per heavy atom. The van der Waals surface area contributed by atoms with Gasteiger partial charge >= 0.3 is 5.97 Å². The summed E-state index contributed by atoms with van der Waals surface area (Å²) in [7, 11) is 0. The van der Waals surface area contributed by atoms with E-state index in [1.165, 1.54) is 0 Å². The highest BCUT2D eigenvalue weighted by molar-refractivity contribution is 6.08. The van der Waals surface area contributed by atoms with E-state index < -0.39 is 5.97 Å². The molecule has 0 bridgehead atoms. The van der Waals surface area contributed by atoms with Crippen molar-refractivity contribution in [1.82, 2.24) is 4.90 Å². The highest BCUT2D eigenvalue weighted by Gasteiger charge is 2.21. The molecule has 32 heavy (non-hydrogen) atoms. The fourth-order valence-corrected chi connectivity index (χ4v) is 4.08. The van der Waals surface area contributed by atoms with Crippen molar-refractivity contribution in [2.45, 2.75) is 13.8 Å². The number of nitrogens with one attached hydrogen (secondary N) is 1. The Labute approximate surface area is 188 Å². The molecule has 0 aliphatic carbocycles. The van der Waals surface area contributed by atoms with E-state index in [1.54, 1.807) is 19.1 Å². The van der Waals surface area contributed by atoms with Crippen LogP contribution in [0.5, 0.6) is 0 Å². The highest BCUT2D eigenvalue weighted by Crippen LogP contribution is 2.29. The highest BCUT2D eigenvalue weighted by atomic mass is 16.5. The van der Waals surface area contributed by atoms with E-state index in [0.717, 1.165) is 49.2 Å². The Hall–Kier alpha value is -3.38. The first-order valence-electron chi connectivity index (χ1n) is 11.2. The minimum absolute atomic E-state index is 0.204.